The van der Waals surface area contributed by atoms with E-state index < -0.39 is 0 Å². The first-order valence-corrected chi connectivity index (χ1v) is 6.61. The van der Waals surface area contributed by atoms with Crippen molar-refractivity contribution >= 4 is 0 Å². The van der Waals surface area contributed by atoms with Gasteiger partial charge in [0.2, 0.25) is 0 Å². The third-order valence-corrected chi connectivity index (χ3v) is 3.04. The number of allylic oxidation sites excluding steroid dienone is 2. The Morgan fingerprint density at radius 3 is 2.59 bits per heavy atom. The minimum atomic E-state index is 0.582. The minimum absolute atomic E-state index is 0.582. The van der Waals surface area contributed by atoms with Gasteiger partial charge in [0.05, 0.1) is 7.11 Å². The molecule has 0 aromatic heterocycles. The fraction of sp³-hybridized carbons (Fsp3) is 0.500. The zero-order valence-corrected chi connectivity index (χ0v) is 11.3. The zero-order chi connectivity index (χ0) is 12.5. The van der Waals surface area contributed by atoms with Crippen LogP contribution in [-0.4, -0.2) is 7.11 Å². The fourth-order valence-electron chi connectivity index (χ4n) is 2.18. The molecule has 0 saturated heterocycles. The molecule has 0 heterocycles. The monoisotopic (exact) mass is 232 g/mol. The molecule has 0 saturated carbocycles. The van der Waals surface area contributed by atoms with Crippen molar-refractivity contribution in [3.63, 3.8) is 0 Å². The predicted octanol–water partition coefficient (Wildman–Crippen LogP) is 4.94. The maximum atomic E-state index is 5.45. The van der Waals surface area contributed by atoms with E-state index >= 15 is 0 Å². The van der Waals surface area contributed by atoms with Crippen LogP contribution in [0.15, 0.2) is 36.4 Å². The van der Waals surface area contributed by atoms with E-state index in [0.29, 0.717) is 5.92 Å². The Morgan fingerprint density at radius 1 is 1.18 bits per heavy atom. The van der Waals surface area contributed by atoms with Crippen LogP contribution in [0.2, 0.25) is 0 Å². The number of benzene rings is 1. The molecule has 0 aliphatic rings. The molecule has 1 unspecified atom stereocenters. The molecule has 17 heavy (non-hydrogen) atoms. The summed E-state index contributed by atoms with van der Waals surface area (Å²) in [7, 11) is 1.75. The maximum absolute atomic E-state index is 5.45. The summed E-state index contributed by atoms with van der Waals surface area (Å²) in [5, 5.41) is 0. The second-order valence-electron chi connectivity index (χ2n) is 4.34. The summed E-state index contributed by atoms with van der Waals surface area (Å²) < 4.78 is 5.45. The highest BCUT2D eigenvalue weighted by Crippen LogP contribution is 2.32. The van der Waals surface area contributed by atoms with E-state index in [-0.39, 0.29) is 0 Å². The lowest BCUT2D eigenvalue weighted by Crippen LogP contribution is -2.00. The van der Waals surface area contributed by atoms with Crippen molar-refractivity contribution in [3.8, 4) is 5.75 Å². The molecule has 94 valence electrons. The first-order valence-electron chi connectivity index (χ1n) is 6.61. The lowest BCUT2D eigenvalue weighted by atomic mass is 9.90. The molecule has 0 radical (unpaired) electrons. The first-order chi connectivity index (χ1) is 8.33. The molecule has 0 aliphatic heterocycles. The smallest absolute Gasteiger partial charge is 0.122 e. The van der Waals surface area contributed by atoms with Crippen molar-refractivity contribution in [1.82, 2.24) is 0 Å². The largest absolute Gasteiger partial charge is 0.496 e. The number of hydrogen-bond acceptors (Lipinski definition) is 1. The molecule has 1 aromatic rings. The summed E-state index contributed by atoms with van der Waals surface area (Å²) >= 11 is 0. The van der Waals surface area contributed by atoms with Crippen LogP contribution in [0.5, 0.6) is 5.75 Å². The van der Waals surface area contributed by atoms with Gasteiger partial charge in [0, 0.05) is 0 Å². The van der Waals surface area contributed by atoms with E-state index in [1.54, 1.807) is 7.11 Å². The van der Waals surface area contributed by atoms with Gasteiger partial charge in [-0.15, -0.1) is 0 Å². The van der Waals surface area contributed by atoms with Crippen molar-refractivity contribution in [2.24, 2.45) is 0 Å². The molecule has 0 spiro atoms. The third-order valence-electron chi connectivity index (χ3n) is 3.04. The van der Waals surface area contributed by atoms with Crippen LogP contribution in [-0.2, 0) is 0 Å². The van der Waals surface area contributed by atoms with Gasteiger partial charge in [-0.05, 0) is 36.8 Å². The lowest BCUT2D eigenvalue weighted by molar-refractivity contribution is 0.403. The molecule has 0 amide bonds. The second kappa shape index (κ2) is 7.94. The van der Waals surface area contributed by atoms with Gasteiger partial charge in [0.25, 0.3) is 0 Å². The summed E-state index contributed by atoms with van der Waals surface area (Å²) in [5.74, 6) is 1.61. The van der Waals surface area contributed by atoms with Crippen LogP contribution in [0.3, 0.4) is 0 Å². The summed E-state index contributed by atoms with van der Waals surface area (Å²) in [6.45, 7) is 4.42. The number of rotatable bonds is 7. The Bertz CT molecular complexity index is 341. The number of hydrogen-bond donors (Lipinski definition) is 0. The van der Waals surface area contributed by atoms with E-state index in [1.807, 2.05) is 6.07 Å². The highest BCUT2D eigenvalue weighted by atomic mass is 16.5. The van der Waals surface area contributed by atoms with Crippen molar-refractivity contribution in [1.29, 1.82) is 0 Å². The third kappa shape index (κ3) is 4.26. The Hall–Kier alpha value is -1.24. The highest BCUT2D eigenvalue weighted by molar-refractivity contribution is 5.36. The van der Waals surface area contributed by atoms with Crippen LogP contribution in [0, 0.1) is 0 Å². The minimum Gasteiger partial charge on any atom is -0.496 e. The van der Waals surface area contributed by atoms with Crippen molar-refractivity contribution in [3.05, 3.63) is 42.0 Å². The quantitative estimate of drug-likeness (QED) is 0.605. The van der Waals surface area contributed by atoms with Crippen LogP contribution < -0.4 is 4.74 Å². The number of para-hydroxylation sites is 1. The molecule has 1 nitrogen and oxygen atoms in total. The van der Waals surface area contributed by atoms with Gasteiger partial charge in [-0.3, -0.25) is 0 Å². The Labute approximate surface area is 106 Å². The maximum Gasteiger partial charge on any atom is 0.122 e. The van der Waals surface area contributed by atoms with E-state index in [2.05, 4.69) is 44.2 Å². The number of ether oxygens (including phenoxy) is 1. The van der Waals surface area contributed by atoms with Crippen LogP contribution in [0.4, 0.5) is 0 Å². The molecule has 1 atom stereocenters. The Balaban J connectivity index is 2.84. The van der Waals surface area contributed by atoms with Crippen LogP contribution >= 0.6 is 0 Å². The second-order valence-corrected chi connectivity index (χ2v) is 4.34. The summed E-state index contributed by atoms with van der Waals surface area (Å²) in [4.78, 5) is 0. The van der Waals surface area contributed by atoms with Gasteiger partial charge in [0.15, 0.2) is 0 Å². The zero-order valence-electron chi connectivity index (χ0n) is 11.3. The van der Waals surface area contributed by atoms with Gasteiger partial charge in [-0.2, -0.15) is 0 Å². The van der Waals surface area contributed by atoms with Crippen LogP contribution in [0.1, 0.15) is 51.0 Å². The van der Waals surface area contributed by atoms with Gasteiger partial charge >= 0.3 is 0 Å². The number of methoxy groups -OCH3 is 1. The average Bonchev–Trinajstić information content (AvgIpc) is 2.38. The fourth-order valence-corrected chi connectivity index (χ4v) is 2.18. The predicted molar refractivity (Wildman–Crippen MR) is 74.7 cm³/mol. The van der Waals surface area contributed by atoms with Gasteiger partial charge in [-0.25, -0.2) is 0 Å². The van der Waals surface area contributed by atoms with E-state index in [1.165, 1.54) is 18.4 Å². The first kappa shape index (κ1) is 13.8. The van der Waals surface area contributed by atoms with Crippen LogP contribution in [0.25, 0.3) is 0 Å². The van der Waals surface area contributed by atoms with Crippen molar-refractivity contribution in [2.45, 2.75) is 45.4 Å². The van der Waals surface area contributed by atoms with E-state index in [4.69, 9.17) is 4.74 Å². The molecule has 1 heteroatoms. The summed E-state index contributed by atoms with van der Waals surface area (Å²) in [6.07, 6.45) is 9.20. The van der Waals surface area contributed by atoms with E-state index in [9.17, 15) is 0 Å². The molecule has 1 rings (SSSR count). The molecule has 1 aromatic carbocycles. The topological polar surface area (TPSA) is 9.23 Å². The van der Waals surface area contributed by atoms with Crippen molar-refractivity contribution < 1.29 is 4.74 Å². The Kier molecular flexibility index (Phi) is 6.46. The molecule has 0 bridgehead atoms. The summed E-state index contributed by atoms with van der Waals surface area (Å²) in [5.41, 5.74) is 1.35. The average molecular weight is 232 g/mol. The van der Waals surface area contributed by atoms with Gasteiger partial charge in [0.1, 0.15) is 5.75 Å². The molecule has 0 fully saturated rings. The van der Waals surface area contributed by atoms with E-state index in [0.717, 1.165) is 18.6 Å². The molecular formula is C16H24O. The SMILES string of the molecule is CC/C=C\CC(CCC)c1ccccc1OC. The normalized spacial score (nSPS) is 12.9. The lowest BCUT2D eigenvalue weighted by Gasteiger charge is -2.17. The molecule has 0 N–H and O–H groups in total. The van der Waals surface area contributed by atoms with Gasteiger partial charge < -0.3 is 4.74 Å². The van der Waals surface area contributed by atoms with Gasteiger partial charge in [-0.1, -0.05) is 50.6 Å². The standard InChI is InChI=1S/C16H24O/c1-4-6-7-11-14(10-5-2)15-12-8-9-13-16(15)17-3/h6-9,12-14H,4-5,10-11H2,1-3H3/b7-6-. The molecular weight excluding hydrogens is 208 g/mol. The molecule has 0 aliphatic carbocycles. The highest BCUT2D eigenvalue weighted by Gasteiger charge is 2.13. The van der Waals surface area contributed by atoms with Crippen molar-refractivity contribution in [2.75, 3.05) is 7.11 Å². The Morgan fingerprint density at radius 2 is 1.94 bits per heavy atom. The summed E-state index contributed by atoms with van der Waals surface area (Å²) in [6, 6.07) is 8.39.